The number of rotatable bonds is 2. The lowest BCUT2D eigenvalue weighted by Gasteiger charge is -2.39. The quantitative estimate of drug-likeness (QED) is 0.910. The predicted molar refractivity (Wildman–Crippen MR) is 68.5 cm³/mol. The second kappa shape index (κ2) is 4.90. The molecule has 1 saturated heterocycles. The average Bonchev–Trinajstić information content (AvgIpc) is 2.31. The fourth-order valence-electron chi connectivity index (χ4n) is 2.05. The van der Waals surface area contributed by atoms with E-state index in [0.29, 0.717) is 25.9 Å². The summed E-state index contributed by atoms with van der Waals surface area (Å²) in [5.74, 6) is 0. The molecular formula is C12H15BrF2N2. The molecular weight excluding hydrogens is 290 g/mol. The minimum absolute atomic E-state index is 0.334. The van der Waals surface area contributed by atoms with Crippen molar-refractivity contribution < 1.29 is 8.78 Å². The fraction of sp³-hybridized carbons (Fsp3) is 0.500. The van der Waals surface area contributed by atoms with Gasteiger partial charge in [-0.3, -0.25) is 0 Å². The van der Waals surface area contributed by atoms with Crippen LogP contribution >= 0.6 is 15.9 Å². The van der Waals surface area contributed by atoms with Gasteiger partial charge in [-0.2, -0.15) is 0 Å². The molecule has 0 bridgehead atoms. The summed E-state index contributed by atoms with van der Waals surface area (Å²) in [4.78, 5) is 2.10. The maximum atomic E-state index is 12.7. The lowest BCUT2D eigenvalue weighted by molar-refractivity contribution is 0.0391. The van der Waals surface area contributed by atoms with Crippen LogP contribution in [0.1, 0.15) is 12.8 Å². The number of benzene rings is 1. The molecule has 2 nitrogen and oxygen atoms in total. The summed E-state index contributed by atoms with van der Waals surface area (Å²) < 4.78 is 26.5. The monoisotopic (exact) mass is 304 g/mol. The van der Waals surface area contributed by atoms with Crippen LogP contribution in [-0.4, -0.2) is 25.1 Å². The largest absolute Gasteiger partial charge is 0.371 e. The first kappa shape index (κ1) is 12.8. The molecule has 0 aromatic heterocycles. The Balaban J connectivity index is 2.02. The standard InChI is InChI=1S/C12H15BrF2N2/c13-9-1-3-10(4-2-9)17-7-5-12(16,6-8-17)11(14)15/h1-4,11H,5-8,16H2. The van der Waals surface area contributed by atoms with Gasteiger partial charge in [0.15, 0.2) is 0 Å². The van der Waals surface area contributed by atoms with Gasteiger partial charge in [-0.1, -0.05) is 15.9 Å². The van der Waals surface area contributed by atoms with Crippen LogP contribution in [0, 0.1) is 0 Å². The molecule has 1 aromatic carbocycles. The molecule has 1 aromatic rings. The maximum absolute atomic E-state index is 12.7. The Hall–Kier alpha value is -0.680. The summed E-state index contributed by atoms with van der Waals surface area (Å²) in [5, 5.41) is 0. The Labute approximate surface area is 108 Å². The van der Waals surface area contributed by atoms with Crippen LogP contribution in [0.3, 0.4) is 0 Å². The Kier molecular flexibility index (Phi) is 3.68. The summed E-state index contributed by atoms with van der Waals surface area (Å²) in [6.07, 6.45) is -1.77. The third-order valence-corrected chi connectivity index (χ3v) is 3.85. The van der Waals surface area contributed by atoms with Crippen LogP contribution in [0.15, 0.2) is 28.7 Å². The SMILES string of the molecule is NC1(C(F)F)CCN(c2ccc(Br)cc2)CC1. The van der Waals surface area contributed by atoms with Crippen molar-refractivity contribution in [3.8, 4) is 0 Å². The molecule has 0 aliphatic carbocycles. The number of nitrogens with two attached hydrogens (primary N) is 1. The van der Waals surface area contributed by atoms with E-state index in [1.807, 2.05) is 24.3 Å². The lowest BCUT2D eigenvalue weighted by Crippen LogP contribution is -2.55. The van der Waals surface area contributed by atoms with Crippen molar-refractivity contribution in [2.75, 3.05) is 18.0 Å². The zero-order valence-corrected chi connectivity index (χ0v) is 11.0. The van der Waals surface area contributed by atoms with Crippen molar-refractivity contribution in [3.05, 3.63) is 28.7 Å². The van der Waals surface area contributed by atoms with Crippen molar-refractivity contribution in [1.29, 1.82) is 0 Å². The molecule has 1 fully saturated rings. The summed E-state index contributed by atoms with van der Waals surface area (Å²) >= 11 is 3.37. The van der Waals surface area contributed by atoms with E-state index in [9.17, 15) is 8.78 Å². The fourth-order valence-corrected chi connectivity index (χ4v) is 2.32. The zero-order valence-electron chi connectivity index (χ0n) is 9.37. The van der Waals surface area contributed by atoms with Gasteiger partial charge < -0.3 is 10.6 Å². The number of nitrogens with zero attached hydrogens (tertiary/aromatic N) is 1. The highest BCUT2D eigenvalue weighted by Gasteiger charge is 2.38. The normalized spacial score (nSPS) is 19.7. The van der Waals surface area contributed by atoms with Crippen molar-refractivity contribution in [3.63, 3.8) is 0 Å². The Morgan fingerprint density at radius 3 is 2.18 bits per heavy atom. The van der Waals surface area contributed by atoms with Crippen molar-refractivity contribution in [2.45, 2.75) is 24.8 Å². The Morgan fingerprint density at radius 2 is 1.71 bits per heavy atom. The molecule has 17 heavy (non-hydrogen) atoms. The van der Waals surface area contributed by atoms with Crippen LogP contribution in [-0.2, 0) is 0 Å². The van der Waals surface area contributed by atoms with Gasteiger partial charge in [0, 0.05) is 23.2 Å². The van der Waals surface area contributed by atoms with E-state index in [4.69, 9.17) is 5.73 Å². The van der Waals surface area contributed by atoms with Gasteiger partial charge in [0.25, 0.3) is 6.43 Å². The van der Waals surface area contributed by atoms with E-state index in [0.717, 1.165) is 10.2 Å². The van der Waals surface area contributed by atoms with E-state index in [-0.39, 0.29) is 0 Å². The number of hydrogen-bond donors (Lipinski definition) is 1. The summed E-state index contributed by atoms with van der Waals surface area (Å²) in [7, 11) is 0. The van der Waals surface area contributed by atoms with E-state index >= 15 is 0 Å². The summed E-state index contributed by atoms with van der Waals surface area (Å²) in [6, 6.07) is 7.87. The number of piperidine rings is 1. The summed E-state index contributed by atoms with van der Waals surface area (Å²) in [6.45, 7) is 1.17. The number of alkyl halides is 2. The van der Waals surface area contributed by atoms with Gasteiger partial charge >= 0.3 is 0 Å². The molecule has 0 radical (unpaired) electrons. The molecule has 0 unspecified atom stereocenters. The lowest BCUT2D eigenvalue weighted by atomic mass is 9.89. The summed E-state index contributed by atoms with van der Waals surface area (Å²) in [5.41, 5.74) is 5.44. The molecule has 5 heteroatoms. The molecule has 0 atom stereocenters. The smallest absolute Gasteiger partial charge is 0.256 e. The third kappa shape index (κ3) is 2.77. The van der Waals surface area contributed by atoms with Crippen molar-refractivity contribution >= 4 is 21.6 Å². The molecule has 94 valence electrons. The molecule has 0 spiro atoms. The molecule has 2 N–H and O–H groups in total. The highest BCUT2D eigenvalue weighted by Crippen LogP contribution is 2.29. The number of hydrogen-bond acceptors (Lipinski definition) is 2. The number of anilines is 1. The van der Waals surface area contributed by atoms with Gasteiger partial charge in [-0.25, -0.2) is 8.78 Å². The zero-order chi connectivity index (χ0) is 12.5. The van der Waals surface area contributed by atoms with Gasteiger partial charge in [-0.15, -0.1) is 0 Å². The van der Waals surface area contributed by atoms with Gasteiger partial charge in [-0.05, 0) is 37.1 Å². The molecule has 1 aliphatic heterocycles. The minimum Gasteiger partial charge on any atom is -0.371 e. The van der Waals surface area contributed by atoms with Crippen LogP contribution in [0.5, 0.6) is 0 Å². The van der Waals surface area contributed by atoms with Crippen molar-refractivity contribution in [2.24, 2.45) is 5.73 Å². The highest BCUT2D eigenvalue weighted by atomic mass is 79.9. The highest BCUT2D eigenvalue weighted by molar-refractivity contribution is 9.10. The Morgan fingerprint density at radius 1 is 1.18 bits per heavy atom. The van der Waals surface area contributed by atoms with Gasteiger partial charge in [0.1, 0.15) is 0 Å². The molecule has 1 heterocycles. The maximum Gasteiger partial charge on any atom is 0.256 e. The van der Waals surface area contributed by atoms with Crippen LogP contribution < -0.4 is 10.6 Å². The molecule has 0 amide bonds. The minimum atomic E-state index is -2.44. The molecule has 2 rings (SSSR count). The van der Waals surface area contributed by atoms with Crippen LogP contribution in [0.25, 0.3) is 0 Å². The van der Waals surface area contributed by atoms with E-state index in [1.54, 1.807) is 0 Å². The number of halogens is 3. The van der Waals surface area contributed by atoms with E-state index in [1.165, 1.54) is 0 Å². The first-order chi connectivity index (χ1) is 8.01. The predicted octanol–water partition coefficient (Wildman–Crippen LogP) is 3.01. The van der Waals surface area contributed by atoms with Gasteiger partial charge in [0.2, 0.25) is 0 Å². The topological polar surface area (TPSA) is 29.3 Å². The van der Waals surface area contributed by atoms with Gasteiger partial charge in [0.05, 0.1) is 5.54 Å². The van der Waals surface area contributed by atoms with Crippen LogP contribution in [0.4, 0.5) is 14.5 Å². The van der Waals surface area contributed by atoms with Crippen LogP contribution in [0.2, 0.25) is 0 Å². The van der Waals surface area contributed by atoms with E-state index < -0.39 is 12.0 Å². The first-order valence-corrected chi connectivity index (χ1v) is 6.38. The Bertz CT molecular complexity index is 373. The molecule has 1 aliphatic rings. The molecule has 0 saturated carbocycles. The third-order valence-electron chi connectivity index (χ3n) is 3.32. The first-order valence-electron chi connectivity index (χ1n) is 5.59. The second-order valence-corrected chi connectivity index (χ2v) is 5.41. The van der Waals surface area contributed by atoms with E-state index in [2.05, 4.69) is 20.8 Å². The van der Waals surface area contributed by atoms with Crippen molar-refractivity contribution in [1.82, 2.24) is 0 Å². The average molecular weight is 305 g/mol. The second-order valence-electron chi connectivity index (χ2n) is 4.50.